The van der Waals surface area contributed by atoms with E-state index < -0.39 is 0 Å². The van der Waals surface area contributed by atoms with E-state index in [0.29, 0.717) is 17.6 Å². The number of anilines is 1. The molecule has 5 rings (SSSR count). The molecule has 1 fully saturated rings. The van der Waals surface area contributed by atoms with Crippen LogP contribution in [0.3, 0.4) is 0 Å². The van der Waals surface area contributed by atoms with Crippen molar-refractivity contribution in [3.63, 3.8) is 0 Å². The van der Waals surface area contributed by atoms with Gasteiger partial charge in [-0.1, -0.05) is 30.3 Å². The van der Waals surface area contributed by atoms with E-state index in [0.717, 1.165) is 47.6 Å². The van der Waals surface area contributed by atoms with Crippen LogP contribution in [0.2, 0.25) is 0 Å². The Balaban J connectivity index is 1.57. The molecule has 0 N–H and O–H groups in total. The van der Waals surface area contributed by atoms with Crippen LogP contribution < -0.4 is 16.1 Å². The van der Waals surface area contributed by atoms with E-state index >= 15 is 0 Å². The fraction of sp³-hybridized carbons (Fsp3) is 0.292. The molecule has 4 heterocycles. The van der Waals surface area contributed by atoms with Crippen molar-refractivity contribution in [1.82, 2.24) is 24.1 Å². The highest BCUT2D eigenvalue weighted by atomic mass is 16.2. The van der Waals surface area contributed by atoms with Crippen LogP contribution in [0.1, 0.15) is 30.0 Å². The highest BCUT2D eigenvalue weighted by Gasteiger charge is 2.24. The lowest BCUT2D eigenvalue weighted by atomic mass is 9.94. The maximum Gasteiger partial charge on any atom is 0.332 e. The molecule has 8 heteroatoms. The molecule has 1 saturated heterocycles. The minimum atomic E-state index is -0.360. The molecule has 162 valence electrons. The molecule has 1 atom stereocenters. The van der Waals surface area contributed by atoms with Crippen molar-refractivity contribution >= 4 is 16.9 Å². The Morgan fingerprint density at radius 2 is 1.91 bits per heavy atom. The molecular formula is C24H24N6O2. The van der Waals surface area contributed by atoms with Gasteiger partial charge in [-0.3, -0.25) is 18.9 Å². The van der Waals surface area contributed by atoms with Crippen molar-refractivity contribution in [3.05, 3.63) is 93.2 Å². The summed E-state index contributed by atoms with van der Waals surface area (Å²) in [5.41, 5.74) is 1.63. The SMILES string of the molecule is Cn1c(=O)c2ccc([C@@H]3CCCN(c4cnccn4)C3)nc2n(Cc2ccccc2)c1=O. The van der Waals surface area contributed by atoms with Gasteiger partial charge in [0.05, 0.1) is 18.1 Å². The number of rotatable bonds is 4. The molecule has 0 bridgehead atoms. The summed E-state index contributed by atoms with van der Waals surface area (Å²) in [7, 11) is 1.51. The predicted octanol–water partition coefficient (Wildman–Crippen LogP) is 2.32. The minimum absolute atomic E-state index is 0.180. The third kappa shape index (κ3) is 3.68. The quantitative estimate of drug-likeness (QED) is 0.496. The summed E-state index contributed by atoms with van der Waals surface area (Å²) in [5, 5.41) is 0.452. The number of piperidine rings is 1. The number of fused-ring (bicyclic) bond motifs is 1. The third-order valence-electron chi connectivity index (χ3n) is 6.10. The topological polar surface area (TPSA) is 85.9 Å². The summed E-state index contributed by atoms with van der Waals surface area (Å²) in [6.07, 6.45) is 7.14. The lowest BCUT2D eigenvalue weighted by Gasteiger charge is -2.33. The highest BCUT2D eigenvalue weighted by Crippen LogP contribution is 2.28. The predicted molar refractivity (Wildman–Crippen MR) is 123 cm³/mol. The Bertz CT molecular complexity index is 1360. The number of aromatic nitrogens is 5. The Morgan fingerprint density at radius 1 is 1.06 bits per heavy atom. The maximum atomic E-state index is 13.0. The van der Waals surface area contributed by atoms with Gasteiger partial charge < -0.3 is 4.90 Å². The van der Waals surface area contributed by atoms with Gasteiger partial charge in [0, 0.05) is 44.1 Å². The van der Waals surface area contributed by atoms with Gasteiger partial charge in [0.2, 0.25) is 0 Å². The largest absolute Gasteiger partial charge is 0.355 e. The van der Waals surface area contributed by atoms with Crippen LogP contribution in [0.5, 0.6) is 0 Å². The van der Waals surface area contributed by atoms with Crippen LogP contribution in [-0.2, 0) is 13.6 Å². The zero-order valence-corrected chi connectivity index (χ0v) is 17.9. The summed E-state index contributed by atoms with van der Waals surface area (Å²) in [4.78, 5) is 41.5. The van der Waals surface area contributed by atoms with Gasteiger partial charge >= 0.3 is 5.69 Å². The standard InChI is InChI=1S/C24H24N6O2/c1-28-23(31)19-9-10-20(18-8-5-13-29(16-18)21-14-25-11-12-26-21)27-22(19)30(24(28)32)15-17-6-3-2-4-7-17/h2-4,6-7,9-12,14,18H,5,8,13,15-16H2,1H3/t18-/m1/s1. The lowest BCUT2D eigenvalue weighted by Crippen LogP contribution is -2.39. The molecule has 1 aromatic carbocycles. The van der Waals surface area contributed by atoms with E-state index in [1.807, 2.05) is 42.5 Å². The summed E-state index contributed by atoms with van der Waals surface area (Å²) < 4.78 is 2.75. The molecule has 32 heavy (non-hydrogen) atoms. The molecule has 0 spiro atoms. The zero-order chi connectivity index (χ0) is 22.1. The first-order valence-electron chi connectivity index (χ1n) is 10.8. The summed E-state index contributed by atoms with van der Waals surface area (Å²) >= 11 is 0. The molecular weight excluding hydrogens is 404 g/mol. The van der Waals surface area contributed by atoms with E-state index in [1.54, 1.807) is 23.2 Å². The van der Waals surface area contributed by atoms with Crippen molar-refractivity contribution in [3.8, 4) is 0 Å². The van der Waals surface area contributed by atoms with E-state index in [4.69, 9.17) is 4.98 Å². The summed E-state index contributed by atoms with van der Waals surface area (Å²) in [6, 6.07) is 13.5. The van der Waals surface area contributed by atoms with Crippen LogP contribution in [0, 0.1) is 0 Å². The molecule has 8 nitrogen and oxygen atoms in total. The number of nitrogens with zero attached hydrogens (tertiary/aromatic N) is 6. The number of hydrogen-bond donors (Lipinski definition) is 0. The average Bonchev–Trinajstić information content (AvgIpc) is 2.86. The Hall–Kier alpha value is -3.81. The smallest absolute Gasteiger partial charge is 0.332 e. The van der Waals surface area contributed by atoms with Gasteiger partial charge in [0.25, 0.3) is 5.56 Å². The van der Waals surface area contributed by atoms with Gasteiger partial charge in [-0.2, -0.15) is 0 Å². The second kappa shape index (κ2) is 8.37. The monoisotopic (exact) mass is 428 g/mol. The molecule has 3 aromatic heterocycles. The fourth-order valence-corrected chi connectivity index (χ4v) is 4.39. The zero-order valence-electron chi connectivity index (χ0n) is 17.9. The van der Waals surface area contributed by atoms with Crippen molar-refractivity contribution in [1.29, 1.82) is 0 Å². The van der Waals surface area contributed by atoms with E-state index in [1.165, 1.54) is 7.05 Å². The Morgan fingerprint density at radius 3 is 2.69 bits per heavy atom. The fourth-order valence-electron chi connectivity index (χ4n) is 4.39. The molecule has 0 amide bonds. The second-order valence-corrected chi connectivity index (χ2v) is 8.17. The van der Waals surface area contributed by atoms with E-state index in [9.17, 15) is 9.59 Å². The number of pyridine rings is 1. The van der Waals surface area contributed by atoms with Crippen molar-refractivity contribution < 1.29 is 0 Å². The molecule has 0 unspecified atom stereocenters. The van der Waals surface area contributed by atoms with Crippen molar-refractivity contribution in [2.75, 3.05) is 18.0 Å². The maximum absolute atomic E-state index is 13.0. The van der Waals surface area contributed by atoms with E-state index in [2.05, 4.69) is 14.9 Å². The Kier molecular flexibility index (Phi) is 5.26. The van der Waals surface area contributed by atoms with Crippen molar-refractivity contribution in [2.45, 2.75) is 25.3 Å². The second-order valence-electron chi connectivity index (χ2n) is 8.17. The van der Waals surface area contributed by atoms with Gasteiger partial charge in [0.1, 0.15) is 11.5 Å². The highest BCUT2D eigenvalue weighted by molar-refractivity contribution is 5.74. The van der Waals surface area contributed by atoms with Crippen LogP contribution in [0.4, 0.5) is 5.82 Å². The molecule has 4 aromatic rings. The first-order valence-corrected chi connectivity index (χ1v) is 10.8. The Labute approximate surface area is 184 Å². The number of benzene rings is 1. The van der Waals surface area contributed by atoms with E-state index in [-0.39, 0.29) is 17.2 Å². The third-order valence-corrected chi connectivity index (χ3v) is 6.10. The van der Waals surface area contributed by atoms with Gasteiger partial charge in [-0.15, -0.1) is 0 Å². The lowest BCUT2D eigenvalue weighted by molar-refractivity contribution is 0.498. The molecule has 1 aliphatic heterocycles. The summed E-state index contributed by atoms with van der Waals surface area (Å²) in [6.45, 7) is 2.05. The van der Waals surface area contributed by atoms with Gasteiger partial charge in [0.15, 0.2) is 0 Å². The van der Waals surface area contributed by atoms with Crippen molar-refractivity contribution in [2.24, 2.45) is 7.05 Å². The van der Waals surface area contributed by atoms with Crippen LogP contribution in [0.25, 0.3) is 11.0 Å². The van der Waals surface area contributed by atoms with Gasteiger partial charge in [-0.05, 0) is 30.5 Å². The normalized spacial score (nSPS) is 16.4. The minimum Gasteiger partial charge on any atom is -0.355 e. The molecule has 1 aliphatic rings. The average molecular weight is 428 g/mol. The first-order chi connectivity index (χ1) is 15.6. The van der Waals surface area contributed by atoms with Crippen LogP contribution in [0.15, 0.2) is 70.6 Å². The first kappa shape index (κ1) is 20.1. The van der Waals surface area contributed by atoms with Gasteiger partial charge in [-0.25, -0.2) is 14.8 Å². The molecule has 0 radical (unpaired) electrons. The van der Waals surface area contributed by atoms with Crippen LogP contribution >= 0.6 is 0 Å². The van der Waals surface area contributed by atoms with Crippen LogP contribution in [-0.4, -0.2) is 37.2 Å². The molecule has 0 saturated carbocycles. The number of hydrogen-bond acceptors (Lipinski definition) is 6. The molecule has 0 aliphatic carbocycles. The summed E-state index contributed by atoms with van der Waals surface area (Å²) in [5.74, 6) is 1.03.